The third-order valence-corrected chi connectivity index (χ3v) is 8.77. The molecule has 0 radical (unpaired) electrons. The Morgan fingerprint density at radius 1 is 0.756 bits per heavy atom. The fraction of sp³-hybridized carbons (Fsp3) is 0.0667. The minimum atomic E-state index is -0.215. The highest BCUT2D eigenvalue weighted by Gasteiger charge is 2.18. The minimum Gasteiger partial charge on any atom is -0.397 e. The maximum atomic E-state index is 12.4. The number of benzene rings is 2. The summed E-state index contributed by atoms with van der Waals surface area (Å²) in [7, 11) is 0. The van der Waals surface area contributed by atoms with Crippen molar-refractivity contribution in [3.8, 4) is 0 Å². The van der Waals surface area contributed by atoms with Crippen LogP contribution < -0.4 is 22.1 Å². The number of rotatable bonds is 5. The Balaban J connectivity index is 0.000000165. The number of anilines is 4. The molecule has 41 heavy (non-hydrogen) atoms. The van der Waals surface area contributed by atoms with Crippen LogP contribution in [0.3, 0.4) is 0 Å². The van der Waals surface area contributed by atoms with Gasteiger partial charge in [0.25, 0.3) is 11.8 Å². The lowest BCUT2D eigenvalue weighted by molar-refractivity contribution is 0.102. The van der Waals surface area contributed by atoms with Gasteiger partial charge in [0.15, 0.2) is 0 Å². The Labute approximate surface area is 252 Å². The molecule has 206 valence electrons. The minimum absolute atomic E-state index is 0.195. The van der Waals surface area contributed by atoms with Gasteiger partial charge in [-0.05, 0) is 64.3 Å². The van der Waals surface area contributed by atoms with Crippen LogP contribution in [-0.2, 0) is 6.42 Å². The summed E-state index contributed by atoms with van der Waals surface area (Å²) in [5.41, 5.74) is 15.8. The van der Waals surface area contributed by atoms with Crippen molar-refractivity contribution in [3.63, 3.8) is 0 Å². The zero-order valence-corrected chi connectivity index (χ0v) is 25.1. The zero-order chi connectivity index (χ0) is 28.9. The molecule has 0 fully saturated rings. The predicted molar refractivity (Wildman–Crippen MR) is 174 cm³/mol. The fourth-order valence-electron chi connectivity index (χ4n) is 3.97. The smallest absolute Gasteiger partial charge is 0.267 e. The maximum Gasteiger partial charge on any atom is 0.267 e. The molecule has 6 aromatic rings. The van der Waals surface area contributed by atoms with Crippen LogP contribution in [0.25, 0.3) is 20.4 Å². The van der Waals surface area contributed by atoms with E-state index in [0.29, 0.717) is 21.1 Å². The second kappa shape index (κ2) is 12.5. The number of aromatic nitrogens is 2. The van der Waals surface area contributed by atoms with Gasteiger partial charge in [-0.25, -0.2) is 9.97 Å². The Morgan fingerprint density at radius 3 is 1.71 bits per heavy atom. The number of fused-ring (bicyclic) bond motifs is 2. The third-order valence-electron chi connectivity index (χ3n) is 6.08. The van der Waals surface area contributed by atoms with Crippen molar-refractivity contribution in [2.45, 2.75) is 13.3 Å². The first-order valence-electron chi connectivity index (χ1n) is 12.6. The van der Waals surface area contributed by atoms with Crippen molar-refractivity contribution in [3.05, 3.63) is 105 Å². The van der Waals surface area contributed by atoms with E-state index in [-0.39, 0.29) is 11.8 Å². The summed E-state index contributed by atoms with van der Waals surface area (Å²) in [5, 5.41) is 7.33. The van der Waals surface area contributed by atoms with E-state index >= 15 is 0 Å². The lowest BCUT2D eigenvalue weighted by atomic mass is 10.1. The summed E-state index contributed by atoms with van der Waals surface area (Å²) < 4.78 is 0.838. The number of halogens is 1. The molecule has 0 bridgehead atoms. The zero-order valence-electron chi connectivity index (χ0n) is 21.9. The molecule has 0 unspecified atom stereocenters. The number of nitrogens with two attached hydrogens (primary N) is 2. The highest BCUT2D eigenvalue weighted by atomic mass is 79.9. The van der Waals surface area contributed by atoms with Gasteiger partial charge in [-0.15, -0.1) is 22.7 Å². The summed E-state index contributed by atoms with van der Waals surface area (Å²) in [6.07, 6.45) is 4.41. The number of hydrogen-bond donors (Lipinski definition) is 4. The molecule has 0 aliphatic rings. The molecule has 8 nitrogen and oxygen atoms in total. The Hall–Kier alpha value is -4.32. The summed E-state index contributed by atoms with van der Waals surface area (Å²) in [6.45, 7) is 2.06. The van der Waals surface area contributed by atoms with Gasteiger partial charge in [-0.2, -0.15) is 0 Å². The number of carbonyl (C=O) groups is 2. The fourth-order valence-corrected chi connectivity index (χ4v) is 6.18. The van der Waals surface area contributed by atoms with E-state index in [0.717, 1.165) is 48.3 Å². The van der Waals surface area contributed by atoms with Gasteiger partial charge in [-0.1, -0.05) is 43.3 Å². The van der Waals surface area contributed by atoms with Crippen molar-refractivity contribution < 1.29 is 9.59 Å². The van der Waals surface area contributed by atoms with Crippen molar-refractivity contribution >= 4 is 93.6 Å². The molecule has 6 rings (SSSR count). The van der Waals surface area contributed by atoms with Gasteiger partial charge in [0, 0.05) is 39.0 Å². The maximum absolute atomic E-state index is 12.4. The molecule has 0 saturated heterocycles. The van der Waals surface area contributed by atoms with E-state index in [1.165, 1.54) is 22.7 Å². The monoisotopic (exact) mass is 644 g/mol. The molecule has 0 aliphatic heterocycles. The van der Waals surface area contributed by atoms with E-state index in [4.69, 9.17) is 11.5 Å². The number of amides is 2. The molecule has 0 atom stereocenters. The van der Waals surface area contributed by atoms with Crippen molar-refractivity contribution in [1.82, 2.24) is 9.97 Å². The molecular formula is C30H25BrN6O2S2. The highest BCUT2D eigenvalue weighted by molar-refractivity contribution is 9.10. The third kappa shape index (κ3) is 6.37. The summed E-state index contributed by atoms with van der Waals surface area (Å²) in [4.78, 5) is 35.8. The molecule has 0 spiro atoms. The number of nitrogens with one attached hydrogen (secondary N) is 2. The Morgan fingerprint density at radius 2 is 1.22 bits per heavy atom. The number of hydrogen-bond acceptors (Lipinski definition) is 8. The summed E-state index contributed by atoms with van der Waals surface area (Å²) >= 11 is 5.97. The number of nitrogen functional groups attached to an aromatic ring is 2. The molecule has 0 aliphatic carbocycles. The molecule has 4 aromatic heterocycles. The topological polar surface area (TPSA) is 136 Å². The Kier molecular flexibility index (Phi) is 8.58. The van der Waals surface area contributed by atoms with Gasteiger partial charge in [0.2, 0.25) is 0 Å². The first-order valence-corrected chi connectivity index (χ1v) is 15.0. The van der Waals surface area contributed by atoms with Crippen LogP contribution in [0.4, 0.5) is 22.7 Å². The number of thiophene rings is 2. The lowest BCUT2D eigenvalue weighted by Gasteiger charge is -2.03. The van der Waals surface area contributed by atoms with E-state index in [9.17, 15) is 9.59 Å². The van der Waals surface area contributed by atoms with Crippen LogP contribution in [0.15, 0.2) is 89.7 Å². The Bertz CT molecular complexity index is 1860. The molecule has 2 aromatic carbocycles. The van der Waals surface area contributed by atoms with Gasteiger partial charge < -0.3 is 22.1 Å². The normalized spacial score (nSPS) is 10.7. The van der Waals surface area contributed by atoms with Crippen LogP contribution in [-0.4, -0.2) is 21.8 Å². The van der Waals surface area contributed by atoms with Crippen molar-refractivity contribution in [1.29, 1.82) is 0 Å². The highest BCUT2D eigenvalue weighted by Crippen LogP contribution is 2.35. The number of pyridine rings is 2. The van der Waals surface area contributed by atoms with E-state index < -0.39 is 0 Å². The number of nitrogens with zero attached hydrogens (tertiary/aromatic N) is 2. The van der Waals surface area contributed by atoms with E-state index in [1.807, 2.05) is 79.0 Å². The standard InChI is InChI=1S/C16H15N3OS.C14H10BrN3OS/c1-2-10-8-12-13(17)14(21-16(12)18-9-10)15(20)19-11-6-4-3-5-7-11;15-8-6-10-11(16)12(20-14(10)17-7-8)13(19)18-9-4-2-1-3-5-9/h3-9H,2,17H2,1H3,(H,19,20);1-7H,16H2,(H,18,19). The summed E-state index contributed by atoms with van der Waals surface area (Å²) in [6, 6.07) is 22.5. The van der Waals surface area contributed by atoms with Crippen LogP contribution in [0, 0.1) is 0 Å². The van der Waals surface area contributed by atoms with Gasteiger partial charge in [-0.3, -0.25) is 9.59 Å². The molecule has 11 heteroatoms. The summed E-state index contributed by atoms with van der Waals surface area (Å²) in [5.74, 6) is -0.410. The van der Waals surface area contributed by atoms with Crippen molar-refractivity contribution in [2.75, 3.05) is 22.1 Å². The average molecular weight is 646 g/mol. The van der Waals surface area contributed by atoms with Crippen LogP contribution in [0.5, 0.6) is 0 Å². The first kappa shape index (κ1) is 28.2. The van der Waals surface area contributed by atoms with Gasteiger partial charge in [0.05, 0.1) is 11.4 Å². The molecule has 4 heterocycles. The average Bonchev–Trinajstić information content (AvgIpc) is 3.50. The number of carbonyl (C=O) groups excluding carboxylic acids is 2. The molecule has 2 amide bonds. The van der Waals surface area contributed by atoms with Crippen LogP contribution >= 0.6 is 38.6 Å². The lowest BCUT2D eigenvalue weighted by Crippen LogP contribution is -2.11. The molecule has 6 N–H and O–H groups in total. The SMILES string of the molecule is CCc1cnc2sc(C(=O)Nc3ccccc3)c(N)c2c1.Nc1c(C(=O)Nc2ccccc2)sc2ncc(Br)cc12. The van der Waals surface area contributed by atoms with Gasteiger partial charge >= 0.3 is 0 Å². The van der Waals surface area contributed by atoms with Gasteiger partial charge in [0.1, 0.15) is 19.4 Å². The largest absolute Gasteiger partial charge is 0.397 e. The molecular weight excluding hydrogens is 620 g/mol. The predicted octanol–water partition coefficient (Wildman–Crippen LogP) is 7.59. The second-order valence-electron chi connectivity index (χ2n) is 8.89. The van der Waals surface area contributed by atoms with Crippen LogP contribution in [0.1, 0.15) is 31.8 Å². The quantitative estimate of drug-likeness (QED) is 0.153. The number of aryl methyl sites for hydroxylation is 1. The van der Waals surface area contributed by atoms with Crippen molar-refractivity contribution in [2.24, 2.45) is 0 Å². The van der Waals surface area contributed by atoms with E-state index in [2.05, 4.69) is 43.5 Å². The van der Waals surface area contributed by atoms with Crippen LogP contribution in [0.2, 0.25) is 0 Å². The number of para-hydroxylation sites is 2. The first-order chi connectivity index (χ1) is 19.8. The van der Waals surface area contributed by atoms with E-state index in [1.54, 1.807) is 6.20 Å². The molecule has 0 saturated carbocycles. The second-order valence-corrected chi connectivity index (χ2v) is 11.8.